The molecule has 0 saturated carbocycles. The van der Waals surface area contributed by atoms with Gasteiger partial charge in [0.25, 0.3) is 5.91 Å². The van der Waals surface area contributed by atoms with Gasteiger partial charge in [-0.15, -0.1) is 0 Å². The zero-order chi connectivity index (χ0) is 24.1. The van der Waals surface area contributed by atoms with E-state index < -0.39 is 0 Å². The smallest absolute Gasteiger partial charge is 0.261 e. The number of rotatable bonds is 6. The lowest BCUT2D eigenvalue weighted by Crippen LogP contribution is -2.52. The lowest BCUT2D eigenvalue weighted by atomic mass is 9.94. The fourth-order valence-electron chi connectivity index (χ4n) is 4.79. The van der Waals surface area contributed by atoms with Crippen LogP contribution >= 0.6 is 0 Å². The molecule has 8 heteroatoms. The maximum absolute atomic E-state index is 13.2. The molecule has 2 amide bonds. The van der Waals surface area contributed by atoms with E-state index in [0.717, 1.165) is 24.5 Å². The van der Waals surface area contributed by atoms with Crippen LogP contribution in [0, 0.1) is 5.92 Å². The van der Waals surface area contributed by atoms with Gasteiger partial charge in [0.15, 0.2) is 0 Å². The molecule has 0 spiro atoms. The first-order valence-corrected chi connectivity index (χ1v) is 11.7. The average Bonchev–Trinajstić information content (AvgIpc) is 2.92. The molecule has 2 aromatic carbocycles. The Morgan fingerprint density at radius 1 is 0.735 bits per heavy atom. The number of piperidine rings is 1. The summed E-state index contributed by atoms with van der Waals surface area (Å²) in [5.41, 5.74) is 1.58. The van der Waals surface area contributed by atoms with Crippen LogP contribution in [0.1, 0.15) is 23.2 Å². The molecule has 2 aliphatic rings. The summed E-state index contributed by atoms with van der Waals surface area (Å²) in [5, 5.41) is 0. The van der Waals surface area contributed by atoms with Crippen LogP contribution in [-0.4, -0.2) is 82.2 Å². The summed E-state index contributed by atoms with van der Waals surface area (Å²) in [6.07, 6.45) is 1.33. The first-order valence-electron chi connectivity index (χ1n) is 11.7. The van der Waals surface area contributed by atoms with E-state index in [1.807, 2.05) is 17.0 Å². The standard InChI is InChI=1S/C26H33N3O5/c1-32-21-9-7-20(8-10-21)27-15-17-29(18-16-27)25(30)19-11-13-28(14-12-19)26(31)24-22(33-2)5-4-6-23(24)34-3/h4-10,19H,11-18H2,1-3H3. The van der Waals surface area contributed by atoms with Gasteiger partial charge in [-0.1, -0.05) is 6.07 Å². The number of amides is 2. The van der Waals surface area contributed by atoms with Gasteiger partial charge in [0.2, 0.25) is 5.91 Å². The second kappa shape index (κ2) is 10.7. The summed E-state index contributed by atoms with van der Waals surface area (Å²) in [5.74, 6) is 1.88. The number of ether oxygens (including phenoxy) is 3. The first kappa shape index (κ1) is 23.7. The third kappa shape index (κ3) is 4.90. The highest BCUT2D eigenvalue weighted by atomic mass is 16.5. The fraction of sp³-hybridized carbons (Fsp3) is 0.462. The number of likely N-dealkylation sites (tertiary alicyclic amines) is 1. The van der Waals surface area contributed by atoms with Crippen LogP contribution < -0.4 is 19.1 Å². The molecule has 182 valence electrons. The Hall–Kier alpha value is -3.42. The van der Waals surface area contributed by atoms with Crippen LogP contribution in [0.15, 0.2) is 42.5 Å². The molecule has 2 aliphatic heterocycles. The van der Waals surface area contributed by atoms with Crippen molar-refractivity contribution in [3.63, 3.8) is 0 Å². The van der Waals surface area contributed by atoms with E-state index in [1.165, 1.54) is 0 Å². The van der Waals surface area contributed by atoms with Gasteiger partial charge in [-0.3, -0.25) is 9.59 Å². The molecule has 2 heterocycles. The molecule has 0 atom stereocenters. The molecular weight excluding hydrogens is 434 g/mol. The largest absolute Gasteiger partial charge is 0.497 e. The molecule has 0 radical (unpaired) electrons. The van der Waals surface area contributed by atoms with E-state index >= 15 is 0 Å². The number of carbonyl (C=O) groups excluding carboxylic acids is 2. The van der Waals surface area contributed by atoms with Gasteiger partial charge in [0.05, 0.1) is 21.3 Å². The number of hydrogen-bond acceptors (Lipinski definition) is 6. The Morgan fingerprint density at radius 3 is 1.85 bits per heavy atom. The van der Waals surface area contributed by atoms with Crippen molar-refractivity contribution in [2.75, 3.05) is 65.5 Å². The highest BCUT2D eigenvalue weighted by molar-refractivity contribution is 6.00. The minimum atomic E-state index is -0.117. The average molecular weight is 468 g/mol. The lowest BCUT2D eigenvalue weighted by Gasteiger charge is -2.39. The van der Waals surface area contributed by atoms with Gasteiger partial charge in [-0.05, 0) is 49.2 Å². The summed E-state index contributed by atoms with van der Waals surface area (Å²) in [4.78, 5) is 32.5. The minimum Gasteiger partial charge on any atom is -0.497 e. The molecule has 0 aromatic heterocycles. The van der Waals surface area contributed by atoms with Crippen molar-refractivity contribution in [2.45, 2.75) is 12.8 Å². The predicted molar refractivity (Wildman–Crippen MR) is 130 cm³/mol. The number of hydrogen-bond donors (Lipinski definition) is 0. The van der Waals surface area contributed by atoms with Gasteiger partial charge in [-0.25, -0.2) is 0 Å². The summed E-state index contributed by atoms with van der Waals surface area (Å²) in [6, 6.07) is 13.4. The molecular formula is C26H33N3O5. The van der Waals surface area contributed by atoms with Crippen LogP contribution in [0.4, 0.5) is 5.69 Å². The zero-order valence-electron chi connectivity index (χ0n) is 20.2. The number of nitrogens with zero attached hydrogens (tertiary/aromatic N) is 3. The molecule has 2 aromatic rings. The predicted octanol–water partition coefficient (Wildman–Crippen LogP) is 2.91. The van der Waals surface area contributed by atoms with Crippen LogP contribution in [-0.2, 0) is 4.79 Å². The SMILES string of the molecule is COc1ccc(N2CCN(C(=O)C3CCN(C(=O)c4c(OC)cccc4OC)CC3)CC2)cc1. The monoisotopic (exact) mass is 467 g/mol. The summed E-state index contributed by atoms with van der Waals surface area (Å²) in [6.45, 7) is 4.13. The quantitative estimate of drug-likeness (QED) is 0.651. The van der Waals surface area contributed by atoms with E-state index in [2.05, 4.69) is 17.0 Å². The summed E-state index contributed by atoms with van der Waals surface area (Å²) < 4.78 is 16.0. The third-order valence-corrected chi connectivity index (χ3v) is 6.80. The van der Waals surface area contributed by atoms with Gasteiger partial charge in [0.1, 0.15) is 22.8 Å². The van der Waals surface area contributed by atoms with E-state index in [4.69, 9.17) is 14.2 Å². The van der Waals surface area contributed by atoms with Gasteiger partial charge in [0, 0.05) is 50.9 Å². The van der Waals surface area contributed by atoms with Crippen molar-refractivity contribution in [1.29, 1.82) is 0 Å². The Kier molecular flexibility index (Phi) is 7.45. The number of benzene rings is 2. The maximum Gasteiger partial charge on any atom is 0.261 e. The molecule has 2 saturated heterocycles. The number of piperazine rings is 1. The van der Waals surface area contributed by atoms with Crippen molar-refractivity contribution < 1.29 is 23.8 Å². The normalized spacial score (nSPS) is 16.9. The van der Waals surface area contributed by atoms with Gasteiger partial charge < -0.3 is 28.9 Å². The van der Waals surface area contributed by atoms with Crippen molar-refractivity contribution in [3.05, 3.63) is 48.0 Å². The van der Waals surface area contributed by atoms with Crippen LogP contribution in [0.2, 0.25) is 0 Å². The minimum absolute atomic E-state index is 0.0452. The van der Waals surface area contributed by atoms with Crippen molar-refractivity contribution in [2.24, 2.45) is 5.92 Å². The Bertz CT molecular complexity index is 972. The molecule has 0 N–H and O–H groups in total. The Morgan fingerprint density at radius 2 is 1.32 bits per heavy atom. The van der Waals surface area contributed by atoms with Crippen LogP contribution in [0.25, 0.3) is 0 Å². The highest BCUT2D eigenvalue weighted by Crippen LogP contribution is 2.31. The maximum atomic E-state index is 13.2. The van der Waals surface area contributed by atoms with Gasteiger partial charge in [-0.2, -0.15) is 0 Å². The van der Waals surface area contributed by atoms with E-state index in [1.54, 1.807) is 44.4 Å². The van der Waals surface area contributed by atoms with E-state index in [9.17, 15) is 9.59 Å². The summed E-state index contributed by atoms with van der Waals surface area (Å²) in [7, 11) is 4.75. The van der Waals surface area contributed by atoms with Gasteiger partial charge >= 0.3 is 0 Å². The highest BCUT2D eigenvalue weighted by Gasteiger charge is 2.33. The van der Waals surface area contributed by atoms with Crippen molar-refractivity contribution in [1.82, 2.24) is 9.80 Å². The zero-order valence-corrected chi connectivity index (χ0v) is 20.2. The molecule has 0 bridgehead atoms. The van der Waals surface area contributed by atoms with Crippen LogP contribution in [0.5, 0.6) is 17.2 Å². The van der Waals surface area contributed by atoms with E-state index in [-0.39, 0.29) is 17.7 Å². The number of anilines is 1. The number of carbonyl (C=O) groups is 2. The molecule has 8 nitrogen and oxygen atoms in total. The fourth-order valence-corrected chi connectivity index (χ4v) is 4.79. The number of methoxy groups -OCH3 is 3. The molecule has 4 rings (SSSR count). The summed E-state index contributed by atoms with van der Waals surface area (Å²) >= 11 is 0. The molecule has 0 unspecified atom stereocenters. The van der Waals surface area contributed by atoms with Crippen molar-refractivity contribution >= 4 is 17.5 Å². The van der Waals surface area contributed by atoms with Crippen LogP contribution in [0.3, 0.4) is 0 Å². The lowest BCUT2D eigenvalue weighted by molar-refractivity contribution is -0.137. The third-order valence-electron chi connectivity index (χ3n) is 6.80. The topological polar surface area (TPSA) is 71.6 Å². The molecule has 0 aliphatic carbocycles. The van der Waals surface area contributed by atoms with E-state index in [0.29, 0.717) is 56.1 Å². The Balaban J connectivity index is 1.31. The molecule has 34 heavy (non-hydrogen) atoms. The Labute approximate surface area is 201 Å². The first-order chi connectivity index (χ1) is 16.5. The molecule has 2 fully saturated rings. The van der Waals surface area contributed by atoms with Crippen molar-refractivity contribution in [3.8, 4) is 17.2 Å². The second-order valence-corrected chi connectivity index (χ2v) is 8.61. The second-order valence-electron chi connectivity index (χ2n) is 8.61.